The number of Topliss-reactive ketones (excluding diaryl/α,β-unsaturated/α-hetero) is 1. The zero-order chi connectivity index (χ0) is 26.1. The Morgan fingerprint density at radius 2 is 1.63 bits per heavy atom. The van der Waals surface area contributed by atoms with Crippen LogP contribution < -0.4 is 5.32 Å². The molecule has 0 fully saturated rings. The Kier molecular flexibility index (Phi) is 6.95. The Balaban J connectivity index is 1.81. The normalized spacial score (nSPS) is 14.2. The van der Waals surface area contributed by atoms with E-state index < -0.39 is 41.2 Å². The second-order valence-electron chi connectivity index (χ2n) is 9.19. The lowest BCUT2D eigenvalue weighted by Crippen LogP contribution is -2.40. The van der Waals surface area contributed by atoms with Crippen LogP contribution >= 0.6 is 0 Å². The minimum absolute atomic E-state index is 0.00974. The molecule has 0 aromatic heterocycles. The SMILES string of the molecule is CC(=O)C(N=Nc1ccc2c(c1)C(=O)N(C(=O)OC(C)(C)C)C2=O)C(=O)Nc1ccc(C)cc1C. The Hall–Kier alpha value is -4.21. The molecule has 1 unspecified atom stereocenters. The van der Waals surface area contributed by atoms with Gasteiger partial charge in [-0.15, -0.1) is 0 Å². The van der Waals surface area contributed by atoms with Crippen molar-refractivity contribution in [3.05, 3.63) is 58.7 Å². The van der Waals surface area contributed by atoms with E-state index in [0.717, 1.165) is 11.1 Å². The first-order chi connectivity index (χ1) is 16.3. The molecule has 0 aliphatic carbocycles. The fraction of sp³-hybridized carbons (Fsp3) is 0.320. The summed E-state index contributed by atoms with van der Waals surface area (Å²) in [5.74, 6) is -2.85. The smallest absolute Gasteiger partial charge is 0.424 e. The standard InChI is InChI=1S/C25H26N4O6/c1-13-7-10-19(14(2)11-13)26-21(31)20(15(3)30)28-27-16-8-9-17-18(12-16)23(33)29(22(17)32)24(34)35-25(4,5)6/h7-12,20H,1-6H3,(H,26,31). The molecule has 1 heterocycles. The maximum Gasteiger partial charge on any atom is 0.424 e. The van der Waals surface area contributed by atoms with Crippen LogP contribution in [0.3, 0.4) is 0 Å². The third-order valence-electron chi connectivity index (χ3n) is 5.01. The minimum Gasteiger partial charge on any atom is -0.443 e. The lowest BCUT2D eigenvalue weighted by atomic mass is 10.1. The number of fused-ring (bicyclic) bond motifs is 1. The molecule has 2 aromatic carbocycles. The van der Waals surface area contributed by atoms with Crippen molar-refractivity contribution in [2.75, 3.05) is 5.32 Å². The summed E-state index contributed by atoms with van der Waals surface area (Å²) in [5, 5.41) is 10.5. The first-order valence-corrected chi connectivity index (χ1v) is 10.8. The molecule has 182 valence electrons. The molecule has 1 aliphatic rings. The fourth-order valence-electron chi connectivity index (χ4n) is 3.36. The van der Waals surface area contributed by atoms with Gasteiger partial charge in [0.25, 0.3) is 17.7 Å². The Labute approximate surface area is 202 Å². The van der Waals surface area contributed by atoms with Crippen LogP contribution in [0.2, 0.25) is 0 Å². The number of nitrogens with zero attached hydrogens (tertiary/aromatic N) is 3. The monoisotopic (exact) mass is 478 g/mol. The first-order valence-electron chi connectivity index (χ1n) is 10.8. The van der Waals surface area contributed by atoms with Crippen molar-refractivity contribution in [2.45, 2.75) is 53.2 Å². The number of rotatable bonds is 5. The van der Waals surface area contributed by atoms with Crippen LogP contribution in [0, 0.1) is 13.8 Å². The van der Waals surface area contributed by atoms with Crippen LogP contribution in [0.1, 0.15) is 59.5 Å². The lowest BCUT2D eigenvalue weighted by Gasteiger charge is -2.22. The van der Waals surface area contributed by atoms with E-state index in [0.29, 0.717) is 10.6 Å². The summed E-state index contributed by atoms with van der Waals surface area (Å²) in [4.78, 5) is 62.8. The molecule has 0 saturated carbocycles. The number of hydrogen-bond acceptors (Lipinski definition) is 8. The van der Waals surface area contributed by atoms with Gasteiger partial charge in [-0.05, 0) is 71.4 Å². The van der Waals surface area contributed by atoms with Gasteiger partial charge in [-0.1, -0.05) is 17.7 Å². The molecule has 10 heteroatoms. The highest BCUT2D eigenvalue weighted by Gasteiger charge is 2.42. The topological polar surface area (TPSA) is 135 Å². The number of imide groups is 3. The van der Waals surface area contributed by atoms with Gasteiger partial charge in [0.05, 0.1) is 16.8 Å². The van der Waals surface area contributed by atoms with Gasteiger partial charge < -0.3 is 10.1 Å². The number of aryl methyl sites for hydroxylation is 2. The van der Waals surface area contributed by atoms with Crippen LogP contribution in [0.15, 0.2) is 46.6 Å². The molecule has 4 amide bonds. The van der Waals surface area contributed by atoms with Crippen molar-refractivity contribution < 1.29 is 28.7 Å². The van der Waals surface area contributed by atoms with Gasteiger partial charge in [0.15, 0.2) is 5.78 Å². The number of amides is 4. The molecule has 10 nitrogen and oxygen atoms in total. The van der Waals surface area contributed by atoms with E-state index in [4.69, 9.17) is 4.74 Å². The summed E-state index contributed by atoms with van der Waals surface area (Å²) in [6, 6.07) is 8.02. The van der Waals surface area contributed by atoms with Crippen molar-refractivity contribution >= 4 is 41.0 Å². The summed E-state index contributed by atoms with van der Waals surface area (Å²) >= 11 is 0. The number of anilines is 1. The summed E-state index contributed by atoms with van der Waals surface area (Å²) in [6.07, 6.45) is -1.08. The van der Waals surface area contributed by atoms with Crippen molar-refractivity contribution in [3.8, 4) is 0 Å². The number of carbonyl (C=O) groups is 5. The largest absolute Gasteiger partial charge is 0.443 e. The fourth-order valence-corrected chi connectivity index (χ4v) is 3.36. The van der Waals surface area contributed by atoms with Gasteiger partial charge in [-0.2, -0.15) is 15.1 Å². The van der Waals surface area contributed by atoms with Crippen LogP contribution in [-0.2, 0) is 14.3 Å². The van der Waals surface area contributed by atoms with Gasteiger partial charge in [-0.25, -0.2) is 4.79 Å². The minimum atomic E-state index is -1.42. The summed E-state index contributed by atoms with van der Waals surface area (Å²) in [7, 11) is 0. The molecule has 0 spiro atoms. The average Bonchev–Trinajstić information content (AvgIpc) is 2.98. The molecule has 2 aromatic rings. The van der Waals surface area contributed by atoms with Crippen molar-refractivity contribution in [2.24, 2.45) is 10.2 Å². The number of nitrogens with one attached hydrogen (secondary N) is 1. The number of hydrogen-bond donors (Lipinski definition) is 1. The number of carbonyl (C=O) groups excluding carboxylic acids is 5. The van der Waals surface area contributed by atoms with Crippen molar-refractivity contribution in [1.29, 1.82) is 0 Å². The van der Waals surface area contributed by atoms with Crippen LogP contribution in [-0.4, -0.2) is 46.1 Å². The summed E-state index contributed by atoms with van der Waals surface area (Å²) < 4.78 is 5.14. The summed E-state index contributed by atoms with van der Waals surface area (Å²) in [6.45, 7) is 9.81. The van der Waals surface area contributed by atoms with E-state index in [1.54, 1.807) is 26.8 Å². The third-order valence-corrected chi connectivity index (χ3v) is 5.01. The molecule has 0 bridgehead atoms. The molecular formula is C25H26N4O6. The maximum atomic E-state index is 12.7. The Bertz CT molecular complexity index is 1280. The predicted octanol–water partition coefficient (Wildman–Crippen LogP) is 4.51. The second kappa shape index (κ2) is 9.57. The lowest BCUT2D eigenvalue weighted by molar-refractivity contribution is -0.126. The van der Waals surface area contributed by atoms with Gasteiger partial charge in [0, 0.05) is 5.69 Å². The Morgan fingerprint density at radius 1 is 0.971 bits per heavy atom. The second-order valence-corrected chi connectivity index (χ2v) is 9.19. The zero-order valence-corrected chi connectivity index (χ0v) is 20.3. The molecule has 0 radical (unpaired) electrons. The molecule has 3 rings (SSSR count). The summed E-state index contributed by atoms with van der Waals surface area (Å²) in [5.41, 5.74) is 1.58. The molecular weight excluding hydrogens is 452 g/mol. The molecule has 0 saturated heterocycles. The quantitative estimate of drug-likeness (QED) is 0.381. The van der Waals surface area contributed by atoms with E-state index in [1.807, 2.05) is 26.0 Å². The maximum absolute atomic E-state index is 12.7. The van der Waals surface area contributed by atoms with E-state index in [-0.39, 0.29) is 16.8 Å². The highest BCUT2D eigenvalue weighted by molar-refractivity contribution is 6.28. The Morgan fingerprint density at radius 3 is 2.23 bits per heavy atom. The van der Waals surface area contributed by atoms with Crippen LogP contribution in [0.4, 0.5) is 16.2 Å². The first kappa shape index (κ1) is 25.4. The average molecular weight is 479 g/mol. The highest BCUT2D eigenvalue weighted by atomic mass is 16.6. The van der Waals surface area contributed by atoms with Crippen LogP contribution in [0.25, 0.3) is 0 Å². The molecule has 1 atom stereocenters. The van der Waals surface area contributed by atoms with E-state index in [2.05, 4.69) is 15.5 Å². The predicted molar refractivity (Wildman–Crippen MR) is 127 cm³/mol. The zero-order valence-electron chi connectivity index (χ0n) is 20.3. The number of ether oxygens (including phenoxy) is 1. The highest BCUT2D eigenvalue weighted by Crippen LogP contribution is 2.29. The van der Waals surface area contributed by atoms with Gasteiger partial charge >= 0.3 is 6.09 Å². The van der Waals surface area contributed by atoms with E-state index >= 15 is 0 Å². The van der Waals surface area contributed by atoms with Crippen molar-refractivity contribution in [1.82, 2.24) is 4.90 Å². The van der Waals surface area contributed by atoms with E-state index in [9.17, 15) is 24.0 Å². The van der Waals surface area contributed by atoms with Gasteiger partial charge in [-0.3, -0.25) is 19.2 Å². The van der Waals surface area contributed by atoms with Gasteiger partial charge in [0.2, 0.25) is 6.04 Å². The number of ketones is 1. The number of benzene rings is 2. The molecule has 1 N–H and O–H groups in total. The molecule has 35 heavy (non-hydrogen) atoms. The van der Waals surface area contributed by atoms with Crippen LogP contribution in [0.5, 0.6) is 0 Å². The van der Waals surface area contributed by atoms with Crippen molar-refractivity contribution in [3.63, 3.8) is 0 Å². The van der Waals surface area contributed by atoms with E-state index in [1.165, 1.54) is 25.1 Å². The third kappa shape index (κ3) is 5.65. The van der Waals surface area contributed by atoms with Gasteiger partial charge in [0.1, 0.15) is 5.60 Å². The molecule has 1 aliphatic heterocycles. The number of azo groups is 1.